The normalized spacial score (nSPS) is 10.7. The Morgan fingerprint density at radius 2 is 1.72 bits per heavy atom. The molecule has 3 rings (SSSR count). The molecule has 0 aliphatic rings. The highest BCUT2D eigenvalue weighted by Crippen LogP contribution is 2.28. The van der Waals surface area contributed by atoms with Crippen molar-refractivity contribution in [3.05, 3.63) is 65.1 Å². The van der Waals surface area contributed by atoms with Crippen LogP contribution < -0.4 is 0 Å². The van der Waals surface area contributed by atoms with Crippen molar-refractivity contribution in [1.82, 2.24) is 4.68 Å². The van der Waals surface area contributed by atoms with Gasteiger partial charge in [-0.1, -0.05) is 48.0 Å². The van der Waals surface area contributed by atoms with Gasteiger partial charge in [-0.25, -0.2) is 0 Å². The molecule has 0 saturated heterocycles. The number of nitrogens with zero attached hydrogens (tertiary/aromatic N) is 2. The number of nitroso groups, excluding NO2 is 1. The molecule has 0 radical (unpaired) electrons. The van der Waals surface area contributed by atoms with Gasteiger partial charge in [-0.05, 0) is 19.1 Å². The standard InChI is InChI=1S/C15H12N2O/c1-11-6-8-12(9-7-11)15-10-13-4-2-3-5-14(13)17(15)16-18/h2-10H,1H3. The van der Waals surface area contributed by atoms with Crippen LogP contribution in [-0.4, -0.2) is 4.68 Å². The molecule has 18 heavy (non-hydrogen) atoms. The van der Waals surface area contributed by atoms with Gasteiger partial charge in [0, 0.05) is 10.9 Å². The van der Waals surface area contributed by atoms with Gasteiger partial charge in [0.05, 0.1) is 16.5 Å². The SMILES string of the molecule is Cc1ccc(-c2cc3ccccc3n2N=O)cc1. The monoisotopic (exact) mass is 236 g/mol. The van der Waals surface area contributed by atoms with Crippen molar-refractivity contribution in [2.45, 2.75) is 6.92 Å². The summed E-state index contributed by atoms with van der Waals surface area (Å²) in [5.74, 6) is 0. The smallest absolute Gasteiger partial charge is 0.0764 e. The van der Waals surface area contributed by atoms with Crippen molar-refractivity contribution in [2.75, 3.05) is 0 Å². The molecule has 1 heterocycles. The van der Waals surface area contributed by atoms with Crippen molar-refractivity contribution in [2.24, 2.45) is 5.29 Å². The molecular formula is C15H12N2O. The minimum absolute atomic E-state index is 0.825. The highest BCUT2D eigenvalue weighted by molar-refractivity contribution is 5.86. The van der Waals surface area contributed by atoms with Gasteiger partial charge in [-0.15, -0.1) is 4.91 Å². The predicted octanol–water partition coefficient (Wildman–Crippen LogP) is 4.15. The highest BCUT2D eigenvalue weighted by atomic mass is 16.3. The van der Waals surface area contributed by atoms with Gasteiger partial charge in [-0.3, -0.25) is 0 Å². The molecule has 0 unspecified atom stereocenters. The number of aromatic nitrogens is 1. The topological polar surface area (TPSA) is 34.4 Å². The van der Waals surface area contributed by atoms with E-state index in [0.29, 0.717) is 0 Å². The fourth-order valence-electron chi connectivity index (χ4n) is 2.16. The van der Waals surface area contributed by atoms with Crippen LogP contribution in [0.25, 0.3) is 22.2 Å². The van der Waals surface area contributed by atoms with Crippen LogP contribution in [-0.2, 0) is 0 Å². The molecule has 0 spiro atoms. The molecule has 0 aliphatic heterocycles. The van der Waals surface area contributed by atoms with E-state index in [9.17, 15) is 4.91 Å². The zero-order chi connectivity index (χ0) is 12.5. The summed E-state index contributed by atoms with van der Waals surface area (Å²) < 4.78 is 1.44. The maximum Gasteiger partial charge on any atom is 0.0764 e. The summed E-state index contributed by atoms with van der Waals surface area (Å²) in [5.41, 5.74) is 3.85. The Labute approximate surface area is 105 Å². The summed E-state index contributed by atoms with van der Waals surface area (Å²) in [5, 5.41) is 4.15. The molecule has 0 N–H and O–H groups in total. The van der Waals surface area contributed by atoms with Crippen LogP contribution in [0.3, 0.4) is 0 Å². The second kappa shape index (κ2) is 4.11. The van der Waals surface area contributed by atoms with E-state index >= 15 is 0 Å². The third-order valence-corrected chi connectivity index (χ3v) is 3.11. The molecule has 1 aromatic heterocycles. The number of hydrogen-bond acceptors (Lipinski definition) is 2. The van der Waals surface area contributed by atoms with Crippen molar-refractivity contribution >= 4 is 10.9 Å². The molecule has 0 aliphatic carbocycles. The first-order chi connectivity index (χ1) is 8.79. The van der Waals surface area contributed by atoms with Crippen LogP contribution in [0, 0.1) is 11.8 Å². The second-order valence-corrected chi connectivity index (χ2v) is 4.35. The lowest BCUT2D eigenvalue weighted by Crippen LogP contribution is -1.90. The Morgan fingerprint density at radius 3 is 2.44 bits per heavy atom. The summed E-state index contributed by atoms with van der Waals surface area (Å²) >= 11 is 0. The van der Waals surface area contributed by atoms with E-state index < -0.39 is 0 Å². The van der Waals surface area contributed by atoms with Gasteiger partial charge in [0.25, 0.3) is 0 Å². The summed E-state index contributed by atoms with van der Waals surface area (Å²) in [7, 11) is 0. The number of rotatable bonds is 2. The van der Waals surface area contributed by atoms with Crippen LogP contribution in [0.4, 0.5) is 0 Å². The molecule has 0 bridgehead atoms. The molecule has 3 heteroatoms. The summed E-state index contributed by atoms with van der Waals surface area (Å²) in [6.07, 6.45) is 0. The van der Waals surface area contributed by atoms with E-state index in [1.165, 1.54) is 10.2 Å². The van der Waals surface area contributed by atoms with Crippen molar-refractivity contribution in [1.29, 1.82) is 0 Å². The first kappa shape index (κ1) is 10.7. The number of fused-ring (bicyclic) bond motifs is 1. The average Bonchev–Trinajstić information content (AvgIpc) is 2.78. The molecule has 3 aromatic rings. The minimum Gasteiger partial charge on any atom is -0.196 e. The van der Waals surface area contributed by atoms with E-state index in [4.69, 9.17) is 0 Å². The molecule has 0 fully saturated rings. The van der Waals surface area contributed by atoms with Gasteiger partial charge in [0.1, 0.15) is 0 Å². The summed E-state index contributed by atoms with van der Waals surface area (Å²) in [6, 6.07) is 17.8. The van der Waals surface area contributed by atoms with E-state index in [2.05, 4.69) is 5.29 Å². The average molecular weight is 236 g/mol. The first-order valence-corrected chi connectivity index (χ1v) is 5.81. The molecular weight excluding hydrogens is 224 g/mol. The lowest BCUT2D eigenvalue weighted by molar-refractivity contribution is 0.922. The Bertz CT molecular complexity index is 711. The molecule has 0 saturated carbocycles. The summed E-state index contributed by atoms with van der Waals surface area (Å²) in [6.45, 7) is 2.04. The zero-order valence-electron chi connectivity index (χ0n) is 10.00. The second-order valence-electron chi connectivity index (χ2n) is 4.35. The van der Waals surface area contributed by atoms with Crippen LogP contribution in [0.2, 0.25) is 0 Å². The maximum absolute atomic E-state index is 11.1. The molecule has 88 valence electrons. The van der Waals surface area contributed by atoms with Crippen molar-refractivity contribution in [3.8, 4) is 11.3 Å². The van der Waals surface area contributed by atoms with Gasteiger partial charge in [0.2, 0.25) is 0 Å². The Morgan fingerprint density at radius 1 is 1.00 bits per heavy atom. The van der Waals surface area contributed by atoms with Crippen LogP contribution in [0.15, 0.2) is 59.9 Å². The number of hydrogen-bond donors (Lipinski definition) is 0. The van der Waals surface area contributed by atoms with E-state index in [-0.39, 0.29) is 0 Å². The van der Waals surface area contributed by atoms with Gasteiger partial charge in [0.15, 0.2) is 0 Å². The Kier molecular flexibility index (Phi) is 2.45. The molecule has 0 atom stereocenters. The summed E-state index contributed by atoms with van der Waals surface area (Å²) in [4.78, 5) is 11.1. The van der Waals surface area contributed by atoms with E-state index in [0.717, 1.165) is 22.2 Å². The highest BCUT2D eigenvalue weighted by Gasteiger charge is 2.10. The van der Waals surface area contributed by atoms with Crippen LogP contribution >= 0.6 is 0 Å². The van der Waals surface area contributed by atoms with Crippen molar-refractivity contribution < 1.29 is 0 Å². The zero-order valence-corrected chi connectivity index (χ0v) is 10.00. The lowest BCUT2D eigenvalue weighted by atomic mass is 10.1. The Balaban J connectivity index is 2.28. The molecule has 2 aromatic carbocycles. The van der Waals surface area contributed by atoms with Gasteiger partial charge < -0.3 is 0 Å². The quantitative estimate of drug-likeness (QED) is 0.615. The number of aryl methyl sites for hydroxylation is 1. The maximum atomic E-state index is 11.1. The molecule has 0 amide bonds. The fourth-order valence-corrected chi connectivity index (χ4v) is 2.16. The third kappa shape index (κ3) is 1.61. The Hall–Kier alpha value is -2.42. The lowest BCUT2D eigenvalue weighted by Gasteiger charge is -2.02. The van der Waals surface area contributed by atoms with E-state index in [1.54, 1.807) is 0 Å². The van der Waals surface area contributed by atoms with E-state index in [1.807, 2.05) is 61.5 Å². The predicted molar refractivity (Wildman–Crippen MR) is 73.3 cm³/mol. The third-order valence-electron chi connectivity index (χ3n) is 3.11. The van der Waals surface area contributed by atoms with Crippen molar-refractivity contribution in [3.63, 3.8) is 0 Å². The van der Waals surface area contributed by atoms with Crippen LogP contribution in [0.1, 0.15) is 5.56 Å². The minimum atomic E-state index is 0.825. The van der Waals surface area contributed by atoms with Crippen LogP contribution in [0.5, 0.6) is 0 Å². The largest absolute Gasteiger partial charge is 0.196 e. The number of para-hydroxylation sites is 1. The number of benzene rings is 2. The molecule has 3 nitrogen and oxygen atoms in total. The van der Waals surface area contributed by atoms with Gasteiger partial charge in [-0.2, -0.15) is 4.68 Å². The first-order valence-electron chi connectivity index (χ1n) is 5.81. The fraction of sp³-hybridized carbons (Fsp3) is 0.0667. The van der Waals surface area contributed by atoms with Gasteiger partial charge >= 0.3 is 0 Å².